The van der Waals surface area contributed by atoms with Crippen LogP contribution in [-0.4, -0.2) is 96.7 Å². The Balaban J connectivity index is 0. The van der Waals surface area contributed by atoms with Gasteiger partial charge in [0.1, 0.15) is 6.04 Å². The van der Waals surface area contributed by atoms with Gasteiger partial charge < -0.3 is 10.4 Å². The maximum absolute atomic E-state index is 11.6. The SMILES string of the molecule is CC(=O)N[C@@H](CS)C(=O)O.N[C@@H](CCC(=O)N[C@@H](CS)C(=O)NCC(=O)O)C(=O)[Se]. The summed E-state index contributed by atoms with van der Waals surface area (Å²) in [6.45, 7) is 0.726. The number of carbonyl (C=O) groups excluding carboxylic acids is 4. The van der Waals surface area contributed by atoms with Gasteiger partial charge in [0, 0.05) is 12.7 Å². The van der Waals surface area contributed by atoms with Crippen molar-refractivity contribution >= 4 is 75.6 Å². The van der Waals surface area contributed by atoms with Crippen molar-refractivity contribution in [2.45, 2.75) is 37.9 Å². The van der Waals surface area contributed by atoms with Crippen molar-refractivity contribution < 1.29 is 39.0 Å². The summed E-state index contributed by atoms with van der Waals surface area (Å²) in [5, 5.41) is 23.5. The van der Waals surface area contributed by atoms with Gasteiger partial charge in [0.05, 0.1) is 0 Å². The Labute approximate surface area is 192 Å². The standard InChI is InChI=1S/C10H16N3O5SSe.C5H9NO3S/c11-5(10(18)20)1-2-7(14)13-6(4-19)9(17)12-3-8(15)16;1-3(7)6-4(2-10)5(8)9/h5-6,19H,1-4,11H2,(H,12,17)(H,13,14)(H,15,16);4,10H,2H2,1H3,(H,6,7)(H,8,9)/t5-,6-;4-/m00/s1. The Morgan fingerprint density at radius 2 is 1.53 bits per heavy atom. The fraction of sp³-hybridized carbons (Fsp3) is 0.600. The van der Waals surface area contributed by atoms with Gasteiger partial charge in [-0.3, -0.25) is 4.79 Å². The number of carboxylic acid groups (broad SMARTS) is 2. The number of nitrogens with one attached hydrogen (secondary N) is 3. The Morgan fingerprint density at radius 3 is 1.87 bits per heavy atom. The molecule has 30 heavy (non-hydrogen) atoms. The first-order chi connectivity index (χ1) is 13.8. The molecule has 7 N–H and O–H groups in total. The van der Waals surface area contributed by atoms with E-state index in [1.54, 1.807) is 0 Å². The molecule has 0 heterocycles. The first kappa shape index (κ1) is 30.4. The monoisotopic (exact) mass is 533 g/mol. The predicted octanol–water partition coefficient (Wildman–Crippen LogP) is -3.09. The predicted molar refractivity (Wildman–Crippen MR) is 113 cm³/mol. The van der Waals surface area contributed by atoms with Crippen LogP contribution in [0.15, 0.2) is 0 Å². The van der Waals surface area contributed by atoms with Gasteiger partial charge in [-0.25, -0.2) is 4.79 Å². The van der Waals surface area contributed by atoms with E-state index in [2.05, 4.69) is 57.2 Å². The summed E-state index contributed by atoms with van der Waals surface area (Å²) in [5.41, 5.74) is 5.45. The molecule has 0 aliphatic rings. The third kappa shape index (κ3) is 16.0. The van der Waals surface area contributed by atoms with E-state index in [-0.39, 0.29) is 34.9 Å². The summed E-state index contributed by atoms with van der Waals surface area (Å²) in [6.07, 6.45) is 0.124. The fourth-order valence-electron chi connectivity index (χ4n) is 1.58. The van der Waals surface area contributed by atoms with Crippen LogP contribution in [0.4, 0.5) is 0 Å². The van der Waals surface area contributed by atoms with Gasteiger partial charge in [-0.1, -0.05) is 0 Å². The van der Waals surface area contributed by atoms with Crippen LogP contribution in [0.1, 0.15) is 19.8 Å². The molecule has 0 fully saturated rings. The van der Waals surface area contributed by atoms with E-state index in [9.17, 15) is 28.8 Å². The molecule has 15 heteroatoms. The zero-order valence-electron chi connectivity index (χ0n) is 16.0. The quantitative estimate of drug-likeness (QED) is 0.0946. The zero-order chi connectivity index (χ0) is 23.9. The molecule has 3 amide bonds. The molecule has 0 spiro atoms. The second-order valence-corrected chi connectivity index (χ2v) is 7.23. The van der Waals surface area contributed by atoms with Crippen LogP contribution in [0.2, 0.25) is 0 Å². The average Bonchev–Trinajstić information content (AvgIpc) is 2.66. The van der Waals surface area contributed by atoms with Crippen molar-refractivity contribution in [3.8, 4) is 0 Å². The van der Waals surface area contributed by atoms with Crippen molar-refractivity contribution in [3.05, 3.63) is 0 Å². The first-order valence-electron chi connectivity index (χ1n) is 8.32. The van der Waals surface area contributed by atoms with Crippen molar-refractivity contribution in [1.29, 1.82) is 0 Å². The molecule has 0 aromatic rings. The van der Waals surface area contributed by atoms with E-state index in [4.69, 9.17) is 15.9 Å². The Hall–Kier alpha value is -1.80. The van der Waals surface area contributed by atoms with Gasteiger partial charge in [-0.2, -0.15) is 12.6 Å². The van der Waals surface area contributed by atoms with E-state index < -0.39 is 48.4 Å². The molecule has 0 aliphatic heterocycles. The summed E-state index contributed by atoms with van der Waals surface area (Å²) in [5.74, 6) is -3.59. The molecule has 3 atom stereocenters. The van der Waals surface area contributed by atoms with E-state index in [1.807, 2.05) is 0 Å². The summed E-state index contributed by atoms with van der Waals surface area (Å²) < 4.78 is -0.345. The first-order valence-corrected chi connectivity index (χ1v) is 10.4. The zero-order valence-corrected chi connectivity index (χ0v) is 19.5. The molecule has 0 saturated carbocycles. The second-order valence-electron chi connectivity index (χ2n) is 5.65. The number of amides is 3. The molecule has 0 saturated heterocycles. The molecule has 0 aromatic heterocycles. The summed E-state index contributed by atoms with van der Waals surface area (Å²) >= 11 is 9.88. The van der Waals surface area contributed by atoms with Crippen molar-refractivity contribution in [2.75, 3.05) is 18.1 Å². The van der Waals surface area contributed by atoms with Gasteiger partial charge in [-0.05, 0) is 0 Å². The minimum atomic E-state index is -1.19. The van der Waals surface area contributed by atoms with E-state index in [0.717, 1.165) is 0 Å². The maximum atomic E-state index is 11.6. The summed E-state index contributed by atoms with van der Waals surface area (Å²) in [6, 6.07) is -2.58. The Kier molecular flexibility index (Phi) is 17.2. The normalized spacial score (nSPS) is 12.8. The van der Waals surface area contributed by atoms with E-state index in [1.165, 1.54) is 6.92 Å². The van der Waals surface area contributed by atoms with Crippen LogP contribution >= 0.6 is 25.3 Å². The van der Waals surface area contributed by atoms with Gasteiger partial charge in [-0.15, -0.1) is 0 Å². The molecule has 171 valence electrons. The van der Waals surface area contributed by atoms with Gasteiger partial charge >= 0.3 is 135 Å². The van der Waals surface area contributed by atoms with Gasteiger partial charge in [0.2, 0.25) is 5.91 Å². The fourth-order valence-corrected chi connectivity index (χ4v) is 2.33. The second kappa shape index (κ2) is 16.9. The minimum absolute atomic E-state index is 0.0176. The number of nitrogens with two attached hydrogens (primary N) is 1. The summed E-state index contributed by atoms with van der Waals surface area (Å²) in [7, 11) is 0. The molecular formula is C15H25N4O8S2Se. The number of hydrogen-bond donors (Lipinski definition) is 8. The number of rotatable bonds is 12. The van der Waals surface area contributed by atoms with Crippen molar-refractivity contribution in [2.24, 2.45) is 5.73 Å². The number of thiol groups is 2. The molecule has 0 aliphatic carbocycles. The van der Waals surface area contributed by atoms with Crippen molar-refractivity contribution in [3.63, 3.8) is 0 Å². The topological polar surface area (TPSA) is 205 Å². The van der Waals surface area contributed by atoms with Crippen LogP contribution < -0.4 is 21.7 Å². The Morgan fingerprint density at radius 1 is 1.00 bits per heavy atom. The third-order valence-corrected chi connectivity index (χ3v) is 4.46. The number of carboxylic acids is 2. The van der Waals surface area contributed by atoms with Crippen LogP contribution in [0, 0.1) is 0 Å². The molecule has 0 unspecified atom stereocenters. The van der Waals surface area contributed by atoms with Gasteiger partial charge in [0.25, 0.3) is 0 Å². The number of aliphatic carboxylic acids is 2. The van der Waals surface area contributed by atoms with Crippen LogP contribution in [0.25, 0.3) is 0 Å². The summed E-state index contributed by atoms with van der Waals surface area (Å²) in [4.78, 5) is 64.8. The number of hydrogen-bond acceptors (Lipinski definition) is 9. The molecule has 0 aromatic carbocycles. The molecular weight excluding hydrogens is 507 g/mol. The molecule has 12 nitrogen and oxygen atoms in total. The molecule has 0 bridgehead atoms. The van der Waals surface area contributed by atoms with Crippen LogP contribution in [-0.2, 0) is 28.8 Å². The van der Waals surface area contributed by atoms with Crippen LogP contribution in [0.5, 0.6) is 0 Å². The average molecular weight is 532 g/mol. The Bertz CT molecular complexity index is 638. The van der Waals surface area contributed by atoms with Crippen molar-refractivity contribution in [1.82, 2.24) is 16.0 Å². The van der Waals surface area contributed by atoms with Crippen LogP contribution in [0.3, 0.4) is 0 Å². The molecule has 1 radical (unpaired) electrons. The number of carbonyl (C=O) groups is 6. The van der Waals surface area contributed by atoms with Gasteiger partial charge in [0.15, 0.2) is 0 Å². The van der Waals surface area contributed by atoms with E-state index >= 15 is 0 Å². The molecule has 0 rings (SSSR count). The third-order valence-electron chi connectivity index (χ3n) is 3.09. The van der Waals surface area contributed by atoms with E-state index in [0.29, 0.717) is 0 Å².